The molecule has 0 aromatic rings. The van der Waals surface area contributed by atoms with E-state index in [1.54, 1.807) is 0 Å². The Morgan fingerprint density at radius 3 is 2.19 bits per heavy atom. The molecular weight excluding hydrogens is 204 g/mol. The van der Waals surface area contributed by atoms with Gasteiger partial charge in [0.2, 0.25) is 0 Å². The molecule has 0 atom stereocenters. The fraction of sp³-hybridized carbons (Fsp3) is 0.846. The molecule has 0 heterocycles. The Bertz CT molecular complexity index is 214. The van der Waals surface area contributed by atoms with Crippen LogP contribution in [-0.4, -0.2) is 11.6 Å². The van der Waals surface area contributed by atoms with Crippen LogP contribution in [0.2, 0.25) is 0 Å². The van der Waals surface area contributed by atoms with Crippen LogP contribution in [0.1, 0.15) is 60.8 Å². The molecule has 1 radical (unpaired) electrons. The van der Waals surface area contributed by atoms with Crippen LogP contribution in [0.25, 0.3) is 0 Å². The van der Waals surface area contributed by atoms with Crippen molar-refractivity contribution in [3.8, 4) is 0 Å². The molecule has 0 bridgehead atoms. The Hall–Kier alpha value is -0.570. The number of carbonyl (C=O) groups excluding carboxylic acids is 1. The molecule has 3 nitrogen and oxygen atoms in total. The van der Waals surface area contributed by atoms with Gasteiger partial charge in [-0.2, -0.15) is 4.89 Å². The summed E-state index contributed by atoms with van der Waals surface area (Å²) in [5, 5.41) is 0. The third-order valence-electron chi connectivity index (χ3n) is 2.14. The minimum absolute atomic E-state index is 0.145. The maximum absolute atomic E-state index is 11.4. The summed E-state index contributed by atoms with van der Waals surface area (Å²) in [6.45, 7) is 12.0. The zero-order valence-corrected chi connectivity index (χ0v) is 11.4. The lowest BCUT2D eigenvalue weighted by Gasteiger charge is -2.22. The third kappa shape index (κ3) is 8.72. The van der Waals surface area contributed by atoms with Crippen LogP contribution in [0.3, 0.4) is 0 Å². The second-order valence-corrected chi connectivity index (χ2v) is 5.97. The average Bonchev–Trinajstić information content (AvgIpc) is 2.10. The summed E-state index contributed by atoms with van der Waals surface area (Å²) in [5.74, 6) is -0.292. The maximum Gasteiger partial charge on any atom is 0.342 e. The van der Waals surface area contributed by atoms with E-state index in [2.05, 4.69) is 20.8 Å². The van der Waals surface area contributed by atoms with Crippen LogP contribution in [0.15, 0.2) is 0 Å². The zero-order valence-electron chi connectivity index (χ0n) is 11.4. The fourth-order valence-electron chi connectivity index (χ4n) is 1.20. The number of hydrogen-bond acceptors (Lipinski definition) is 3. The molecule has 0 saturated heterocycles. The highest BCUT2D eigenvalue weighted by Gasteiger charge is 2.22. The monoisotopic (exact) mass is 229 g/mol. The van der Waals surface area contributed by atoms with Crippen molar-refractivity contribution in [2.45, 2.75) is 66.4 Å². The minimum atomic E-state index is -0.438. The first-order valence-electron chi connectivity index (χ1n) is 5.83. The smallest absolute Gasteiger partial charge is 0.298 e. The van der Waals surface area contributed by atoms with Crippen molar-refractivity contribution in [2.75, 3.05) is 0 Å². The summed E-state index contributed by atoms with van der Waals surface area (Å²) in [4.78, 5) is 21.3. The molecular formula is C13H25O3. The molecule has 0 saturated carbocycles. The Kier molecular flexibility index (Phi) is 6.01. The van der Waals surface area contributed by atoms with Crippen molar-refractivity contribution < 1.29 is 14.6 Å². The maximum atomic E-state index is 11.4. The van der Waals surface area contributed by atoms with Crippen molar-refractivity contribution in [3.05, 3.63) is 6.42 Å². The number of carbonyl (C=O) groups is 1. The molecule has 0 amide bonds. The molecule has 0 rings (SSSR count). The summed E-state index contributed by atoms with van der Waals surface area (Å²) in [6, 6.07) is 0. The van der Waals surface area contributed by atoms with E-state index in [0.29, 0.717) is 6.42 Å². The molecule has 0 spiro atoms. The van der Waals surface area contributed by atoms with Gasteiger partial charge in [-0.1, -0.05) is 27.7 Å². The van der Waals surface area contributed by atoms with E-state index in [1.807, 2.05) is 27.2 Å². The van der Waals surface area contributed by atoms with E-state index in [9.17, 15) is 4.79 Å². The van der Waals surface area contributed by atoms with Gasteiger partial charge in [0.1, 0.15) is 5.60 Å². The lowest BCUT2D eigenvalue weighted by molar-refractivity contribution is -0.324. The van der Waals surface area contributed by atoms with Gasteiger partial charge >= 0.3 is 5.97 Å². The fourth-order valence-corrected chi connectivity index (χ4v) is 1.20. The summed E-state index contributed by atoms with van der Waals surface area (Å²) < 4.78 is 0. The van der Waals surface area contributed by atoms with Crippen LogP contribution in [-0.2, 0) is 14.6 Å². The quantitative estimate of drug-likeness (QED) is 0.515. The van der Waals surface area contributed by atoms with Crippen molar-refractivity contribution in [2.24, 2.45) is 5.41 Å². The van der Waals surface area contributed by atoms with Gasteiger partial charge in [0.15, 0.2) is 0 Å². The van der Waals surface area contributed by atoms with Gasteiger partial charge in [0.25, 0.3) is 0 Å². The molecule has 0 fully saturated rings. The van der Waals surface area contributed by atoms with Gasteiger partial charge in [-0.25, -0.2) is 4.79 Å². The molecule has 95 valence electrons. The van der Waals surface area contributed by atoms with Crippen LogP contribution >= 0.6 is 0 Å². The predicted octanol–water partition coefficient (Wildman–Crippen LogP) is 3.68. The first kappa shape index (κ1) is 15.4. The van der Waals surface area contributed by atoms with Gasteiger partial charge in [-0.15, -0.1) is 0 Å². The molecule has 0 N–H and O–H groups in total. The second kappa shape index (κ2) is 6.24. The lowest BCUT2D eigenvalue weighted by atomic mass is 9.91. The Labute approximate surface area is 99.4 Å². The van der Waals surface area contributed by atoms with Gasteiger partial charge in [0, 0.05) is 6.42 Å². The van der Waals surface area contributed by atoms with E-state index in [4.69, 9.17) is 9.78 Å². The highest BCUT2D eigenvalue weighted by molar-refractivity contribution is 5.68. The van der Waals surface area contributed by atoms with Crippen LogP contribution < -0.4 is 0 Å². The van der Waals surface area contributed by atoms with E-state index in [1.165, 1.54) is 0 Å². The van der Waals surface area contributed by atoms with E-state index in [0.717, 1.165) is 12.8 Å². The molecule has 0 unspecified atom stereocenters. The standard InChI is InChI=1S/C13H25O3/c1-7-9-13(5,6)16-15-11(14)8-10-12(2,3)4/h7H,8-10H2,1-6H3. The molecule has 0 aliphatic heterocycles. The molecule has 16 heavy (non-hydrogen) atoms. The van der Waals surface area contributed by atoms with E-state index < -0.39 is 5.60 Å². The third-order valence-corrected chi connectivity index (χ3v) is 2.14. The molecule has 0 aromatic carbocycles. The topological polar surface area (TPSA) is 35.5 Å². The van der Waals surface area contributed by atoms with Crippen molar-refractivity contribution in [1.29, 1.82) is 0 Å². The van der Waals surface area contributed by atoms with Crippen molar-refractivity contribution >= 4 is 5.97 Å². The normalized spacial score (nSPS) is 12.6. The Morgan fingerprint density at radius 1 is 1.19 bits per heavy atom. The highest BCUT2D eigenvalue weighted by Crippen LogP contribution is 2.21. The Balaban J connectivity index is 3.81. The van der Waals surface area contributed by atoms with E-state index >= 15 is 0 Å². The molecule has 0 aliphatic rings. The largest absolute Gasteiger partial charge is 0.342 e. The second-order valence-electron chi connectivity index (χ2n) is 5.97. The lowest BCUT2D eigenvalue weighted by Crippen LogP contribution is -2.26. The van der Waals surface area contributed by atoms with Crippen LogP contribution in [0, 0.1) is 11.8 Å². The summed E-state index contributed by atoms with van der Waals surface area (Å²) in [7, 11) is 0. The molecule has 0 aliphatic carbocycles. The van der Waals surface area contributed by atoms with Gasteiger partial charge in [-0.3, -0.25) is 4.89 Å². The van der Waals surface area contributed by atoms with Gasteiger partial charge in [-0.05, 0) is 38.5 Å². The summed E-state index contributed by atoms with van der Waals surface area (Å²) in [6.07, 6.45) is 3.94. The predicted molar refractivity (Wildman–Crippen MR) is 64.5 cm³/mol. The summed E-state index contributed by atoms with van der Waals surface area (Å²) >= 11 is 0. The average molecular weight is 229 g/mol. The van der Waals surface area contributed by atoms with Crippen LogP contribution in [0.5, 0.6) is 0 Å². The van der Waals surface area contributed by atoms with Crippen molar-refractivity contribution in [3.63, 3.8) is 0 Å². The van der Waals surface area contributed by atoms with Gasteiger partial charge < -0.3 is 0 Å². The SMILES string of the molecule is C[CH]CC(C)(C)OOC(=O)CCC(C)(C)C. The highest BCUT2D eigenvalue weighted by atomic mass is 17.2. The zero-order chi connectivity index (χ0) is 12.8. The van der Waals surface area contributed by atoms with Gasteiger partial charge in [0.05, 0.1) is 0 Å². The van der Waals surface area contributed by atoms with Crippen molar-refractivity contribution in [1.82, 2.24) is 0 Å². The number of hydrogen-bond donors (Lipinski definition) is 0. The van der Waals surface area contributed by atoms with Crippen LogP contribution in [0.4, 0.5) is 0 Å². The van der Waals surface area contributed by atoms with E-state index in [-0.39, 0.29) is 11.4 Å². The first-order valence-corrected chi connectivity index (χ1v) is 5.83. The minimum Gasteiger partial charge on any atom is -0.298 e. The first-order chi connectivity index (χ1) is 7.16. The molecule has 0 aromatic heterocycles. The molecule has 3 heteroatoms. The number of rotatable bonds is 6. The Morgan fingerprint density at radius 2 is 1.75 bits per heavy atom. The summed E-state index contributed by atoms with van der Waals surface area (Å²) in [5.41, 5.74) is -0.294.